The van der Waals surface area contributed by atoms with Crippen molar-refractivity contribution in [2.75, 3.05) is 0 Å². The molecule has 13 heavy (non-hydrogen) atoms. The van der Waals surface area contributed by atoms with Crippen LogP contribution < -0.4 is 0 Å². The van der Waals surface area contributed by atoms with Gasteiger partial charge in [-0.3, -0.25) is 10.1 Å². The molecule has 1 rings (SSSR count). The molecule has 0 saturated carbocycles. The number of nitrogens with zero attached hydrogens (tertiary/aromatic N) is 1. The molecule has 0 atom stereocenters. The van der Waals surface area contributed by atoms with Gasteiger partial charge in [0, 0.05) is 0 Å². The second-order valence-electron chi connectivity index (χ2n) is 2.34. The van der Waals surface area contributed by atoms with E-state index in [4.69, 9.17) is 0 Å². The van der Waals surface area contributed by atoms with E-state index < -0.39 is 10.8 Å². The molecule has 0 spiro atoms. The van der Waals surface area contributed by atoms with Crippen LogP contribution in [0.1, 0.15) is 5.56 Å². The summed E-state index contributed by atoms with van der Waals surface area (Å²) in [7, 11) is 0. The van der Waals surface area contributed by atoms with E-state index in [-0.39, 0.29) is 0 Å². The van der Waals surface area contributed by atoms with Crippen LogP contribution in [-0.4, -0.2) is 10.8 Å². The van der Waals surface area contributed by atoms with Crippen LogP contribution in [0.15, 0.2) is 36.4 Å². The van der Waals surface area contributed by atoms with E-state index in [0.717, 1.165) is 11.6 Å². The molecular weight excluding hydrogens is 170 g/mol. The molecule has 0 aliphatic rings. The molecule has 0 fully saturated rings. The molecule has 1 aromatic rings. The number of rotatable bonds is 2. The normalized spacial score (nSPS) is 10.2. The van der Waals surface area contributed by atoms with Gasteiger partial charge >= 0.3 is 5.91 Å². The van der Waals surface area contributed by atoms with Crippen molar-refractivity contribution in [2.45, 2.75) is 0 Å². The average Bonchev–Trinajstić information content (AvgIpc) is 2.15. The number of carbonyl (C=O) groups excluding carboxylic acids is 1. The molecule has 0 heterocycles. The fourth-order valence-electron chi connectivity index (χ4n) is 0.793. The zero-order valence-corrected chi connectivity index (χ0v) is 6.71. The Balaban J connectivity index is 2.70. The minimum absolute atomic E-state index is 0.762. The summed E-state index contributed by atoms with van der Waals surface area (Å²) in [6.07, 6.45) is 2.35. The first-order valence-electron chi connectivity index (χ1n) is 3.61. The third-order valence-electron chi connectivity index (χ3n) is 1.40. The Kier molecular flexibility index (Phi) is 2.92. The molecule has 0 radical (unpaired) electrons. The van der Waals surface area contributed by atoms with Crippen LogP contribution in [0.25, 0.3) is 6.08 Å². The molecule has 0 aliphatic carbocycles. The number of carbonyl (C=O) groups is 1. The molecule has 0 saturated heterocycles. The quantitative estimate of drug-likeness (QED) is 0.390. The van der Waals surface area contributed by atoms with Crippen molar-refractivity contribution < 1.29 is 9.72 Å². The fraction of sp³-hybridized carbons (Fsp3) is 0. The number of benzene rings is 1. The van der Waals surface area contributed by atoms with E-state index in [2.05, 4.69) is 0 Å². The Morgan fingerprint density at radius 3 is 2.46 bits per heavy atom. The molecule has 0 unspecified atom stereocenters. The molecule has 0 aromatic heterocycles. The van der Waals surface area contributed by atoms with E-state index in [1.54, 1.807) is 24.3 Å². The lowest BCUT2D eigenvalue weighted by atomic mass is 10.2. The summed E-state index contributed by atoms with van der Waals surface area (Å²) >= 11 is 0. The first-order chi connectivity index (χ1) is 6.20. The average molecular weight is 177 g/mol. The lowest BCUT2D eigenvalue weighted by Gasteiger charge is -1.88. The molecule has 1 amide bonds. The van der Waals surface area contributed by atoms with E-state index in [0.29, 0.717) is 0 Å². The SMILES string of the molecule is O=C(C=Cc1ccccc1)[N+](=O)[O-]. The van der Waals surface area contributed by atoms with Gasteiger partial charge in [0.15, 0.2) is 0 Å². The summed E-state index contributed by atoms with van der Waals surface area (Å²) in [5, 5.41) is 9.93. The van der Waals surface area contributed by atoms with Crippen LogP contribution in [0.5, 0.6) is 0 Å². The van der Waals surface area contributed by atoms with Crippen molar-refractivity contribution in [3.05, 3.63) is 52.1 Å². The van der Waals surface area contributed by atoms with Gasteiger partial charge in [0.1, 0.15) is 4.92 Å². The van der Waals surface area contributed by atoms with Crippen LogP contribution >= 0.6 is 0 Å². The van der Waals surface area contributed by atoms with Gasteiger partial charge < -0.3 is 0 Å². The van der Waals surface area contributed by atoms with Crippen LogP contribution in [0.3, 0.4) is 0 Å². The summed E-state index contributed by atoms with van der Waals surface area (Å²) in [4.78, 5) is 19.5. The summed E-state index contributed by atoms with van der Waals surface area (Å²) in [6.45, 7) is 0. The van der Waals surface area contributed by atoms with E-state index in [1.165, 1.54) is 6.08 Å². The zero-order chi connectivity index (χ0) is 9.68. The lowest BCUT2D eigenvalue weighted by molar-refractivity contribution is -0.395. The number of amides is 1. The Hall–Kier alpha value is -1.97. The van der Waals surface area contributed by atoms with Gasteiger partial charge in [-0.2, -0.15) is 0 Å². The predicted molar refractivity (Wildman–Crippen MR) is 47.5 cm³/mol. The maximum atomic E-state index is 10.5. The molecule has 1 aromatic carbocycles. The zero-order valence-electron chi connectivity index (χ0n) is 6.71. The van der Waals surface area contributed by atoms with Crippen LogP contribution in [0, 0.1) is 10.1 Å². The highest BCUT2D eigenvalue weighted by molar-refractivity contribution is 5.85. The van der Waals surface area contributed by atoms with Crippen molar-refractivity contribution >= 4 is 12.0 Å². The third kappa shape index (κ3) is 2.86. The van der Waals surface area contributed by atoms with Crippen molar-refractivity contribution in [1.82, 2.24) is 0 Å². The minimum Gasteiger partial charge on any atom is -0.255 e. The van der Waals surface area contributed by atoms with Crippen molar-refractivity contribution in [1.29, 1.82) is 0 Å². The predicted octanol–water partition coefficient (Wildman–Crippen LogP) is 1.50. The van der Waals surface area contributed by atoms with Gasteiger partial charge in [-0.25, -0.2) is 4.79 Å². The standard InChI is InChI=1S/C9H7NO3/c11-9(10(12)13)7-6-8-4-2-1-3-5-8/h1-7H. The highest BCUT2D eigenvalue weighted by atomic mass is 16.6. The van der Waals surface area contributed by atoms with E-state index in [1.807, 2.05) is 6.07 Å². The maximum absolute atomic E-state index is 10.5. The summed E-state index contributed by atoms with van der Waals surface area (Å²) in [6, 6.07) is 8.91. The number of nitro groups is 1. The van der Waals surface area contributed by atoms with Crippen molar-refractivity contribution in [2.24, 2.45) is 0 Å². The van der Waals surface area contributed by atoms with Crippen LogP contribution in [0.4, 0.5) is 0 Å². The third-order valence-corrected chi connectivity index (χ3v) is 1.40. The Labute approximate surface area is 74.7 Å². The topological polar surface area (TPSA) is 60.2 Å². The Morgan fingerprint density at radius 1 is 1.31 bits per heavy atom. The number of hydrogen-bond donors (Lipinski definition) is 0. The molecule has 0 bridgehead atoms. The molecule has 0 N–H and O–H groups in total. The van der Waals surface area contributed by atoms with E-state index in [9.17, 15) is 14.9 Å². The highest BCUT2D eigenvalue weighted by Gasteiger charge is 2.07. The fourth-order valence-corrected chi connectivity index (χ4v) is 0.793. The molecule has 66 valence electrons. The number of hydrogen-bond acceptors (Lipinski definition) is 3. The van der Waals surface area contributed by atoms with Crippen LogP contribution in [0.2, 0.25) is 0 Å². The molecule has 4 nitrogen and oxygen atoms in total. The lowest BCUT2D eigenvalue weighted by Crippen LogP contribution is -2.06. The first-order valence-corrected chi connectivity index (χ1v) is 3.61. The van der Waals surface area contributed by atoms with Gasteiger partial charge in [0.2, 0.25) is 0 Å². The van der Waals surface area contributed by atoms with Crippen LogP contribution in [-0.2, 0) is 4.79 Å². The van der Waals surface area contributed by atoms with Gasteiger partial charge in [0.25, 0.3) is 0 Å². The van der Waals surface area contributed by atoms with Crippen molar-refractivity contribution in [3.63, 3.8) is 0 Å². The largest absolute Gasteiger partial charge is 0.469 e. The highest BCUT2D eigenvalue weighted by Crippen LogP contribution is 2.00. The van der Waals surface area contributed by atoms with Gasteiger partial charge in [-0.15, -0.1) is 0 Å². The Bertz CT molecular complexity index is 343. The maximum Gasteiger partial charge on any atom is 0.469 e. The van der Waals surface area contributed by atoms with Gasteiger partial charge in [0.05, 0.1) is 6.08 Å². The van der Waals surface area contributed by atoms with Gasteiger partial charge in [-0.05, 0) is 11.6 Å². The van der Waals surface area contributed by atoms with E-state index >= 15 is 0 Å². The second-order valence-corrected chi connectivity index (χ2v) is 2.34. The van der Waals surface area contributed by atoms with Gasteiger partial charge in [-0.1, -0.05) is 30.3 Å². The minimum atomic E-state index is -1.11. The van der Waals surface area contributed by atoms with Crippen molar-refractivity contribution in [3.8, 4) is 0 Å². The monoisotopic (exact) mass is 177 g/mol. The summed E-state index contributed by atoms with van der Waals surface area (Å²) in [5.41, 5.74) is 0.762. The summed E-state index contributed by atoms with van der Waals surface area (Å²) in [5.74, 6) is -1.11. The summed E-state index contributed by atoms with van der Waals surface area (Å²) < 4.78 is 0. The smallest absolute Gasteiger partial charge is 0.255 e. The molecule has 0 aliphatic heterocycles. The first kappa shape index (κ1) is 9.12. The molecule has 4 heteroatoms. The molecular formula is C9H7NO3. The Morgan fingerprint density at radius 2 is 1.92 bits per heavy atom. The second kappa shape index (κ2) is 4.15.